The number of hydrogen-bond donors (Lipinski definition) is 0. The van der Waals surface area contributed by atoms with Gasteiger partial charge in [-0.2, -0.15) is 0 Å². The Balaban J connectivity index is 0.000000148. The van der Waals surface area contributed by atoms with Crippen molar-refractivity contribution >= 4 is 11.6 Å². The lowest BCUT2D eigenvalue weighted by molar-refractivity contribution is -0.120. The van der Waals surface area contributed by atoms with Crippen molar-refractivity contribution in [2.24, 2.45) is 11.8 Å². The van der Waals surface area contributed by atoms with E-state index in [1.54, 1.807) is 14.2 Å². The lowest BCUT2D eigenvalue weighted by atomic mass is 9.64. The SMILES string of the molecule is COc1ccc2c(c1)CCCC(=O)C2CC1CC1.COc1ccc2c(c1)CCCC1=CC(=O)CCC12CC1CC1. The summed E-state index contributed by atoms with van der Waals surface area (Å²) in [6.45, 7) is 0. The van der Waals surface area contributed by atoms with Gasteiger partial charge in [0, 0.05) is 24.2 Å². The molecule has 7 rings (SSSR count). The summed E-state index contributed by atoms with van der Waals surface area (Å²) >= 11 is 0. The maximum absolute atomic E-state index is 12.3. The molecule has 2 unspecified atom stereocenters. The van der Waals surface area contributed by atoms with Gasteiger partial charge in [0.15, 0.2) is 5.78 Å². The Morgan fingerprint density at radius 1 is 0.775 bits per heavy atom. The average molecular weight is 541 g/mol. The Hall–Kier alpha value is -2.88. The van der Waals surface area contributed by atoms with Crippen LogP contribution in [0, 0.1) is 11.8 Å². The monoisotopic (exact) mass is 540 g/mol. The number of aryl methyl sites for hydroxylation is 2. The second-order valence-electron chi connectivity index (χ2n) is 12.9. The zero-order valence-electron chi connectivity index (χ0n) is 24.3. The van der Waals surface area contributed by atoms with Gasteiger partial charge < -0.3 is 9.47 Å². The molecule has 0 heterocycles. The van der Waals surface area contributed by atoms with E-state index in [9.17, 15) is 9.59 Å². The molecule has 2 aromatic rings. The molecular formula is C36H44O4. The quantitative estimate of drug-likeness (QED) is 0.350. The minimum Gasteiger partial charge on any atom is -0.497 e. The number of ketones is 2. The van der Waals surface area contributed by atoms with Gasteiger partial charge in [0.05, 0.1) is 14.2 Å². The first-order valence-electron chi connectivity index (χ1n) is 15.6. The van der Waals surface area contributed by atoms with Gasteiger partial charge in [0.25, 0.3) is 0 Å². The molecule has 2 saturated carbocycles. The Kier molecular flexibility index (Phi) is 7.88. The van der Waals surface area contributed by atoms with Crippen LogP contribution in [0.2, 0.25) is 0 Å². The number of ether oxygens (including phenoxy) is 2. The fourth-order valence-electron chi connectivity index (χ4n) is 7.53. The van der Waals surface area contributed by atoms with Crippen LogP contribution < -0.4 is 9.47 Å². The first kappa shape index (κ1) is 27.3. The molecule has 2 fully saturated rings. The minimum atomic E-state index is 0.132. The third kappa shape index (κ3) is 5.78. The summed E-state index contributed by atoms with van der Waals surface area (Å²) in [5, 5.41) is 0. The zero-order chi connectivity index (χ0) is 27.7. The van der Waals surface area contributed by atoms with E-state index in [1.165, 1.54) is 59.9 Å². The van der Waals surface area contributed by atoms with E-state index < -0.39 is 0 Å². The van der Waals surface area contributed by atoms with E-state index in [1.807, 2.05) is 12.1 Å². The van der Waals surface area contributed by atoms with Crippen molar-refractivity contribution < 1.29 is 19.1 Å². The Labute approximate surface area is 239 Å². The summed E-state index contributed by atoms with van der Waals surface area (Å²) in [5.74, 6) is 4.47. The lowest BCUT2D eigenvalue weighted by Crippen LogP contribution is -2.34. The highest BCUT2D eigenvalue weighted by molar-refractivity contribution is 5.92. The largest absolute Gasteiger partial charge is 0.497 e. The summed E-state index contributed by atoms with van der Waals surface area (Å²) in [5.41, 5.74) is 7.07. The molecule has 0 bridgehead atoms. The number of allylic oxidation sites excluding steroid dienone is 2. The number of Topliss-reactive ketones (excluding diaryl/α,β-unsaturated/α-hetero) is 1. The standard InChI is InChI=1S/C20H24O2.C16H20O2/c1-22-18-7-8-19-15(11-18)3-2-4-16-12-17(21)9-10-20(16,19)13-14-5-6-14;1-18-13-7-8-14-12(10-13)3-2-4-16(17)15(14)9-11-5-6-11/h7-8,11-12,14H,2-6,9-10,13H2,1H3;7-8,10-11,15H,2-6,9H2,1H3. The van der Waals surface area contributed by atoms with E-state index in [0.29, 0.717) is 18.0 Å². The first-order chi connectivity index (χ1) is 19.5. The number of benzene rings is 2. The molecule has 0 aromatic heterocycles. The predicted molar refractivity (Wildman–Crippen MR) is 158 cm³/mol. The van der Waals surface area contributed by atoms with Crippen molar-refractivity contribution in [1.29, 1.82) is 0 Å². The predicted octanol–water partition coefficient (Wildman–Crippen LogP) is 7.84. The highest BCUT2D eigenvalue weighted by Crippen LogP contribution is 2.53. The number of methoxy groups -OCH3 is 2. The van der Waals surface area contributed by atoms with E-state index in [2.05, 4.69) is 30.3 Å². The van der Waals surface area contributed by atoms with Crippen molar-refractivity contribution in [2.75, 3.05) is 14.2 Å². The molecule has 0 aliphatic heterocycles. The van der Waals surface area contributed by atoms with E-state index in [0.717, 1.165) is 74.7 Å². The molecule has 212 valence electrons. The summed E-state index contributed by atoms with van der Waals surface area (Å²) < 4.78 is 10.7. The normalized spacial score (nSPS) is 25.6. The zero-order valence-corrected chi connectivity index (χ0v) is 24.3. The molecule has 0 saturated heterocycles. The van der Waals surface area contributed by atoms with Gasteiger partial charge in [-0.15, -0.1) is 0 Å². The number of carbonyl (C=O) groups is 2. The maximum Gasteiger partial charge on any atom is 0.155 e. The number of carbonyl (C=O) groups excluding carboxylic acids is 2. The molecule has 5 aliphatic carbocycles. The second-order valence-corrected chi connectivity index (χ2v) is 12.9. The summed E-state index contributed by atoms with van der Waals surface area (Å²) in [6.07, 6.45) is 17.5. The molecule has 4 nitrogen and oxygen atoms in total. The molecule has 0 N–H and O–H groups in total. The van der Waals surface area contributed by atoms with Crippen molar-refractivity contribution in [3.05, 3.63) is 70.3 Å². The van der Waals surface area contributed by atoms with Crippen LogP contribution in [0.25, 0.3) is 0 Å². The molecule has 2 atom stereocenters. The number of rotatable bonds is 6. The van der Waals surface area contributed by atoms with Crippen LogP contribution in [0.4, 0.5) is 0 Å². The Bertz CT molecular complexity index is 1300. The fourth-order valence-corrected chi connectivity index (χ4v) is 7.53. The van der Waals surface area contributed by atoms with Crippen molar-refractivity contribution in [1.82, 2.24) is 0 Å². The van der Waals surface area contributed by atoms with Gasteiger partial charge >= 0.3 is 0 Å². The number of hydrogen-bond acceptors (Lipinski definition) is 4. The van der Waals surface area contributed by atoms with E-state index in [4.69, 9.17) is 9.47 Å². The minimum absolute atomic E-state index is 0.132. The molecule has 40 heavy (non-hydrogen) atoms. The average Bonchev–Trinajstić information content (AvgIpc) is 3.88. The molecule has 0 spiro atoms. The van der Waals surface area contributed by atoms with Gasteiger partial charge in [-0.1, -0.05) is 43.4 Å². The van der Waals surface area contributed by atoms with Crippen molar-refractivity contribution in [3.8, 4) is 11.5 Å². The van der Waals surface area contributed by atoms with Crippen LogP contribution in [-0.4, -0.2) is 25.8 Å². The van der Waals surface area contributed by atoms with Crippen LogP contribution in [0.3, 0.4) is 0 Å². The van der Waals surface area contributed by atoms with Gasteiger partial charge in [0.1, 0.15) is 17.3 Å². The molecule has 0 amide bonds. The summed E-state index contributed by atoms with van der Waals surface area (Å²) in [6, 6.07) is 12.8. The van der Waals surface area contributed by atoms with E-state index in [-0.39, 0.29) is 11.3 Å². The molecule has 2 aromatic carbocycles. The van der Waals surface area contributed by atoms with Gasteiger partial charge in [0.2, 0.25) is 0 Å². The second kappa shape index (κ2) is 11.5. The van der Waals surface area contributed by atoms with Crippen LogP contribution in [0.1, 0.15) is 105 Å². The van der Waals surface area contributed by atoms with E-state index >= 15 is 0 Å². The van der Waals surface area contributed by atoms with Crippen LogP contribution in [0.5, 0.6) is 11.5 Å². The van der Waals surface area contributed by atoms with Crippen molar-refractivity contribution in [3.63, 3.8) is 0 Å². The Morgan fingerprint density at radius 2 is 1.45 bits per heavy atom. The van der Waals surface area contributed by atoms with Gasteiger partial charge in [-0.05, 0) is 116 Å². The van der Waals surface area contributed by atoms with Crippen LogP contribution in [0.15, 0.2) is 48.0 Å². The van der Waals surface area contributed by atoms with Gasteiger partial charge in [-0.25, -0.2) is 0 Å². The summed E-state index contributed by atoms with van der Waals surface area (Å²) in [7, 11) is 3.44. The van der Waals surface area contributed by atoms with Gasteiger partial charge in [-0.3, -0.25) is 9.59 Å². The molecule has 5 aliphatic rings. The maximum atomic E-state index is 12.3. The highest BCUT2D eigenvalue weighted by Gasteiger charge is 2.45. The molecule has 0 radical (unpaired) electrons. The smallest absolute Gasteiger partial charge is 0.155 e. The highest BCUT2D eigenvalue weighted by atomic mass is 16.5. The third-order valence-corrected chi connectivity index (χ3v) is 10.1. The Morgan fingerprint density at radius 3 is 2.17 bits per heavy atom. The van der Waals surface area contributed by atoms with Crippen LogP contribution >= 0.6 is 0 Å². The third-order valence-electron chi connectivity index (χ3n) is 10.1. The fraction of sp³-hybridized carbons (Fsp3) is 0.556. The lowest BCUT2D eigenvalue weighted by Gasteiger charge is -2.39. The van der Waals surface area contributed by atoms with Crippen molar-refractivity contribution in [2.45, 2.75) is 101 Å². The first-order valence-corrected chi connectivity index (χ1v) is 15.6. The topological polar surface area (TPSA) is 52.6 Å². The number of fused-ring (bicyclic) bond motifs is 4. The summed E-state index contributed by atoms with van der Waals surface area (Å²) in [4.78, 5) is 24.3. The molecule has 4 heteroatoms. The molecular weight excluding hydrogens is 496 g/mol. The van der Waals surface area contributed by atoms with Crippen LogP contribution in [-0.2, 0) is 27.8 Å².